The van der Waals surface area contributed by atoms with Gasteiger partial charge in [-0.1, -0.05) is 0 Å². The molecule has 7 heteroatoms. The molecule has 0 aliphatic carbocycles. The van der Waals surface area contributed by atoms with Crippen LogP contribution in [-0.4, -0.2) is 38.5 Å². The Kier molecular flexibility index (Phi) is 4.61. The van der Waals surface area contributed by atoms with Crippen molar-refractivity contribution in [3.63, 3.8) is 0 Å². The van der Waals surface area contributed by atoms with E-state index in [1.54, 1.807) is 0 Å². The van der Waals surface area contributed by atoms with Gasteiger partial charge in [0.25, 0.3) is 0 Å². The lowest BCUT2D eigenvalue weighted by Gasteiger charge is -2.25. The van der Waals surface area contributed by atoms with Gasteiger partial charge in [0.1, 0.15) is 0 Å². The molecule has 1 aromatic rings. The molecule has 0 radical (unpaired) electrons. The summed E-state index contributed by atoms with van der Waals surface area (Å²) in [6.45, 7) is 3.52. The average molecular weight is 521 g/mol. The molecule has 0 N–H and O–H groups in total. The topological polar surface area (TPSA) is 28.3 Å². The minimum absolute atomic E-state index is 0.354. The number of ether oxygens (including phenoxy) is 2. The lowest BCUT2D eigenvalue weighted by atomic mass is 10.2. The van der Waals surface area contributed by atoms with Crippen molar-refractivity contribution in [2.24, 2.45) is 0 Å². The van der Waals surface area contributed by atoms with E-state index in [-0.39, 0.29) is 0 Å². The van der Waals surface area contributed by atoms with Crippen LogP contribution in [0.15, 0.2) is 24.0 Å². The van der Waals surface area contributed by atoms with Crippen LogP contribution < -0.4 is 4.90 Å². The van der Waals surface area contributed by atoms with E-state index in [2.05, 4.69) is 74.7 Å². The van der Waals surface area contributed by atoms with Crippen molar-refractivity contribution in [3.05, 3.63) is 24.0 Å². The number of halogens is 4. The van der Waals surface area contributed by atoms with Crippen LogP contribution in [0.3, 0.4) is 0 Å². The Morgan fingerprint density at radius 3 is 1.95 bits per heavy atom. The van der Waals surface area contributed by atoms with Gasteiger partial charge in [-0.2, -0.15) is 0 Å². The standard InChI is InChI=1S/C12H11Br4NO2/c13-8-1-9(11(15)12(16)10(8)14)17(2-6-4-18-6)3-7-5-19-7/h1,6-7H,2-5H2. The molecule has 0 amide bonds. The third kappa shape index (κ3) is 3.55. The molecule has 2 aliphatic heterocycles. The molecule has 2 atom stereocenters. The van der Waals surface area contributed by atoms with E-state index >= 15 is 0 Å². The summed E-state index contributed by atoms with van der Waals surface area (Å²) in [5, 5.41) is 0. The Morgan fingerprint density at radius 1 is 0.947 bits per heavy atom. The molecule has 2 heterocycles. The van der Waals surface area contributed by atoms with Crippen LogP contribution in [0.5, 0.6) is 0 Å². The fraction of sp³-hybridized carbons (Fsp3) is 0.500. The van der Waals surface area contributed by atoms with E-state index in [1.807, 2.05) is 0 Å². The Labute approximate surface area is 145 Å². The average Bonchev–Trinajstić information content (AvgIpc) is 3.25. The van der Waals surface area contributed by atoms with Gasteiger partial charge in [0.05, 0.1) is 35.6 Å². The first-order valence-corrected chi connectivity index (χ1v) is 9.04. The van der Waals surface area contributed by atoms with Crippen molar-refractivity contribution in [3.8, 4) is 0 Å². The van der Waals surface area contributed by atoms with E-state index in [4.69, 9.17) is 9.47 Å². The van der Waals surface area contributed by atoms with Crippen molar-refractivity contribution >= 4 is 69.4 Å². The number of nitrogens with zero attached hydrogens (tertiary/aromatic N) is 1. The summed E-state index contributed by atoms with van der Waals surface area (Å²) < 4.78 is 14.8. The van der Waals surface area contributed by atoms with Crippen molar-refractivity contribution in [2.75, 3.05) is 31.2 Å². The summed E-state index contributed by atoms with van der Waals surface area (Å²) in [7, 11) is 0. The quantitative estimate of drug-likeness (QED) is 0.329. The molecule has 0 spiro atoms. The SMILES string of the molecule is Brc1cc(N(CC2CO2)CC2CO2)c(Br)c(Br)c1Br. The van der Waals surface area contributed by atoms with Crippen LogP contribution in [0.2, 0.25) is 0 Å². The molecule has 0 saturated carbocycles. The third-order valence-corrected chi connectivity index (χ3v) is 7.72. The van der Waals surface area contributed by atoms with E-state index in [1.165, 1.54) is 0 Å². The highest BCUT2D eigenvalue weighted by Crippen LogP contribution is 2.43. The Balaban J connectivity index is 1.90. The van der Waals surface area contributed by atoms with E-state index < -0.39 is 0 Å². The predicted octanol–water partition coefficient (Wildman–Crippen LogP) is 4.34. The van der Waals surface area contributed by atoms with Crippen LogP contribution in [0, 0.1) is 0 Å². The molecule has 2 unspecified atom stereocenters. The third-order valence-electron chi connectivity index (χ3n) is 3.08. The fourth-order valence-corrected chi connectivity index (χ4v) is 4.14. The Bertz CT molecular complexity index is 489. The zero-order valence-electron chi connectivity index (χ0n) is 9.84. The lowest BCUT2D eigenvalue weighted by Crippen LogP contribution is -2.32. The zero-order chi connectivity index (χ0) is 13.6. The van der Waals surface area contributed by atoms with Gasteiger partial charge in [0, 0.05) is 26.5 Å². The summed E-state index contributed by atoms with van der Waals surface area (Å²) in [6.07, 6.45) is 0.707. The highest BCUT2D eigenvalue weighted by Gasteiger charge is 2.32. The summed E-state index contributed by atoms with van der Waals surface area (Å²) in [6, 6.07) is 2.11. The maximum absolute atomic E-state index is 5.36. The molecule has 0 bridgehead atoms. The largest absolute Gasteiger partial charge is 0.371 e. The molecule has 1 aromatic carbocycles. The Morgan fingerprint density at radius 2 is 1.47 bits per heavy atom. The molecule has 2 saturated heterocycles. The van der Waals surface area contributed by atoms with E-state index in [9.17, 15) is 0 Å². The second-order valence-corrected chi connectivity index (χ2v) is 7.87. The van der Waals surface area contributed by atoms with Gasteiger partial charge >= 0.3 is 0 Å². The number of rotatable bonds is 5. The minimum Gasteiger partial charge on any atom is -0.371 e. The molecule has 2 aliphatic rings. The van der Waals surface area contributed by atoms with E-state index in [0.29, 0.717) is 12.2 Å². The maximum atomic E-state index is 5.36. The second-order valence-electron chi connectivity index (χ2n) is 4.64. The van der Waals surface area contributed by atoms with E-state index in [0.717, 1.165) is 49.9 Å². The van der Waals surface area contributed by atoms with Gasteiger partial charge < -0.3 is 14.4 Å². The molecular formula is C12H11Br4NO2. The Hall–Kier alpha value is 0.860. The van der Waals surface area contributed by atoms with Crippen LogP contribution in [-0.2, 0) is 9.47 Å². The molecule has 104 valence electrons. The van der Waals surface area contributed by atoms with Crippen molar-refractivity contribution in [1.82, 2.24) is 0 Å². The van der Waals surface area contributed by atoms with Crippen molar-refractivity contribution in [1.29, 1.82) is 0 Å². The molecule has 2 fully saturated rings. The van der Waals surface area contributed by atoms with Crippen LogP contribution in [0.4, 0.5) is 5.69 Å². The minimum atomic E-state index is 0.354. The van der Waals surface area contributed by atoms with Gasteiger partial charge in [-0.15, -0.1) is 0 Å². The molecular weight excluding hydrogens is 510 g/mol. The predicted molar refractivity (Wildman–Crippen MR) is 88.9 cm³/mol. The summed E-state index contributed by atoms with van der Waals surface area (Å²) in [5.41, 5.74) is 1.15. The van der Waals surface area contributed by atoms with Crippen molar-refractivity contribution in [2.45, 2.75) is 12.2 Å². The molecule has 0 aromatic heterocycles. The van der Waals surface area contributed by atoms with Gasteiger partial charge in [-0.25, -0.2) is 0 Å². The van der Waals surface area contributed by atoms with Crippen LogP contribution >= 0.6 is 63.7 Å². The molecule has 19 heavy (non-hydrogen) atoms. The van der Waals surface area contributed by atoms with Gasteiger partial charge in [0.2, 0.25) is 0 Å². The second kappa shape index (κ2) is 5.93. The molecule has 3 nitrogen and oxygen atoms in total. The first-order valence-electron chi connectivity index (χ1n) is 5.87. The highest BCUT2D eigenvalue weighted by atomic mass is 79.9. The molecule has 3 rings (SSSR count). The fourth-order valence-electron chi connectivity index (χ4n) is 1.90. The first-order chi connectivity index (χ1) is 9.06. The smallest absolute Gasteiger partial charge is 0.0984 e. The lowest BCUT2D eigenvalue weighted by molar-refractivity contribution is 0.389. The van der Waals surface area contributed by atoms with Crippen LogP contribution in [0.1, 0.15) is 0 Å². The number of benzene rings is 1. The maximum Gasteiger partial charge on any atom is 0.0984 e. The summed E-state index contributed by atoms with van der Waals surface area (Å²) in [5.74, 6) is 0. The highest BCUT2D eigenvalue weighted by molar-refractivity contribution is 9.15. The van der Waals surface area contributed by atoms with Crippen LogP contribution in [0.25, 0.3) is 0 Å². The number of hydrogen-bond acceptors (Lipinski definition) is 3. The van der Waals surface area contributed by atoms with Gasteiger partial charge in [-0.05, 0) is 69.8 Å². The normalized spacial score (nSPS) is 24.4. The summed E-state index contributed by atoms with van der Waals surface area (Å²) >= 11 is 14.4. The van der Waals surface area contributed by atoms with Crippen molar-refractivity contribution < 1.29 is 9.47 Å². The monoisotopic (exact) mass is 517 g/mol. The van der Waals surface area contributed by atoms with Gasteiger partial charge in [-0.3, -0.25) is 0 Å². The zero-order valence-corrected chi connectivity index (χ0v) is 16.2. The van der Waals surface area contributed by atoms with Gasteiger partial charge in [0.15, 0.2) is 0 Å². The number of epoxide rings is 2. The first kappa shape index (κ1) is 14.8. The number of anilines is 1. The summed E-state index contributed by atoms with van der Waals surface area (Å²) in [4.78, 5) is 2.32. The number of hydrogen-bond donors (Lipinski definition) is 0.